The average Bonchev–Trinajstić information content (AvgIpc) is 2.25. The Kier molecular flexibility index (Phi) is 5.22. The van der Waals surface area contributed by atoms with Crippen molar-refractivity contribution >= 4 is 0 Å². The number of nitrogens with one attached hydrogen (secondary N) is 1. The Balaban J connectivity index is 2.67. The van der Waals surface area contributed by atoms with Gasteiger partial charge in [-0.3, -0.25) is 0 Å². The van der Waals surface area contributed by atoms with Crippen LogP contribution in [0.5, 0.6) is 0 Å². The van der Waals surface area contributed by atoms with Crippen molar-refractivity contribution in [2.45, 2.75) is 58.0 Å². The molecule has 16 heavy (non-hydrogen) atoms. The highest BCUT2D eigenvalue weighted by Gasteiger charge is 2.40. The van der Waals surface area contributed by atoms with E-state index in [2.05, 4.69) is 26.1 Å². The lowest BCUT2D eigenvalue weighted by molar-refractivity contribution is 0.0961. The van der Waals surface area contributed by atoms with E-state index in [4.69, 9.17) is 10.8 Å². The Hall–Kier alpha value is -0.120. The van der Waals surface area contributed by atoms with Gasteiger partial charge in [-0.05, 0) is 31.6 Å². The van der Waals surface area contributed by atoms with E-state index in [1.807, 2.05) is 0 Å². The van der Waals surface area contributed by atoms with Crippen LogP contribution in [0, 0.1) is 11.8 Å². The molecule has 0 bridgehead atoms. The molecule has 4 unspecified atom stereocenters. The average molecular weight is 228 g/mol. The van der Waals surface area contributed by atoms with Crippen LogP contribution < -0.4 is 11.1 Å². The Labute approximate surface area is 99.8 Å². The molecule has 0 radical (unpaired) electrons. The fourth-order valence-corrected chi connectivity index (χ4v) is 3.07. The maximum Gasteiger partial charge on any atom is 0.0445 e. The highest BCUT2D eigenvalue weighted by atomic mass is 16.3. The first kappa shape index (κ1) is 13.9. The number of aliphatic hydroxyl groups excluding tert-OH is 1. The van der Waals surface area contributed by atoms with Crippen LogP contribution in [0.1, 0.15) is 46.5 Å². The molecule has 4 atom stereocenters. The van der Waals surface area contributed by atoms with Gasteiger partial charge in [-0.15, -0.1) is 0 Å². The van der Waals surface area contributed by atoms with Crippen LogP contribution in [0.4, 0.5) is 0 Å². The lowest BCUT2D eigenvalue weighted by Crippen LogP contribution is -2.61. The van der Waals surface area contributed by atoms with Gasteiger partial charge in [-0.1, -0.05) is 26.7 Å². The lowest BCUT2D eigenvalue weighted by atomic mass is 9.68. The second-order valence-corrected chi connectivity index (χ2v) is 5.58. The first-order valence-corrected chi connectivity index (χ1v) is 6.64. The van der Waals surface area contributed by atoms with Gasteiger partial charge < -0.3 is 16.2 Å². The molecule has 3 heteroatoms. The Morgan fingerprint density at radius 2 is 2.19 bits per heavy atom. The van der Waals surface area contributed by atoms with Gasteiger partial charge in [0, 0.05) is 24.7 Å². The summed E-state index contributed by atoms with van der Waals surface area (Å²) in [4.78, 5) is 0. The summed E-state index contributed by atoms with van der Waals surface area (Å²) in [6.45, 7) is 7.73. The molecular weight excluding hydrogens is 200 g/mol. The summed E-state index contributed by atoms with van der Waals surface area (Å²) in [5.74, 6) is 1.36. The highest BCUT2D eigenvalue weighted by molar-refractivity contribution is 4.99. The van der Waals surface area contributed by atoms with E-state index in [9.17, 15) is 0 Å². The normalized spacial score (nSPS) is 37.3. The summed E-state index contributed by atoms with van der Waals surface area (Å²) >= 11 is 0. The van der Waals surface area contributed by atoms with E-state index < -0.39 is 0 Å². The molecular formula is C13H28N2O. The van der Waals surface area contributed by atoms with Gasteiger partial charge in [0.25, 0.3) is 0 Å². The van der Waals surface area contributed by atoms with Crippen LogP contribution in [0.25, 0.3) is 0 Å². The third kappa shape index (κ3) is 2.96. The Bertz CT molecular complexity index is 210. The molecule has 0 heterocycles. The monoisotopic (exact) mass is 228 g/mol. The highest BCUT2D eigenvalue weighted by Crippen LogP contribution is 2.37. The zero-order valence-electron chi connectivity index (χ0n) is 11.0. The van der Waals surface area contributed by atoms with Gasteiger partial charge in [0.15, 0.2) is 0 Å². The van der Waals surface area contributed by atoms with Gasteiger partial charge >= 0.3 is 0 Å². The van der Waals surface area contributed by atoms with Gasteiger partial charge in [-0.25, -0.2) is 0 Å². The van der Waals surface area contributed by atoms with Crippen molar-refractivity contribution in [2.75, 3.05) is 13.2 Å². The first-order chi connectivity index (χ1) is 7.55. The molecule has 0 aromatic heterocycles. The summed E-state index contributed by atoms with van der Waals surface area (Å²) in [7, 11) is 0. The van der Waals surface area contributed by atoms with Crippen molar-refractivity contribution in [3.05, 3.63) is 0 Å². The lowest BCUT2D eigenvalue weighted by Gasteiger charge is -2.47. The van der Waals surface area contributed by atoms with Crippen LogP contribution in [-0.4, -0.2) is 29.8 Å². The molecule has 1 saturated carbocycles. The zero-order chi connectivity index (χ0) is 12.2. The molecule has 1 aliphatic rings. The number of rotatable bonds is 5. The predicted molar refractivity (Wildman–Crippen MR) is 68.3 cm³/mol. The SMILES string of the molecule is CC(CCO)NC1(CN)CCCC(C)C1C. The van der Waals surface area contributed by atoms with Crippen molar-refractivity contribution in [1.29, 1.82) is 0 Å². The molecule has 1 rings (SSSR count). The van der Waals surface area contributed by atoms with E-state index in [-0.39, 0.29) is 12.1 Å². The number of hydrogen-bond acceptors (Lipinski definition) is 3. The van der Waals surface area contributed by atoms with E-state index in [0.717, 1.165) is 12.3 Å². The maximum atomic E-state index is 8.97. The third-order valence-electron chi connectivity index (χ3n) is 4.47. The van der Waals surface area contributed by atoms with Crippen molar-refractivity contribution in [1.82, 2.24) is 5.32 Å². The van der Waals surface area contributed by atoms with Crippen LogP contribution in [0.15, 0.2) is 0 Å². The van der Waals surface area contributed by atoms with Gasteiger partial charge in [0.05, 0.1) is 0 Å². The van der Waals surface area contributed by atoms with Gasteiger partial charge in [-0.2, -0.15) is 0 Å². The summed E-state index contributed by atoms with van der Waals surface area (Å²) in [5.41, 5.74) is 6.10. The van der Waals surface area contributed by atoms with Crippen LogP contribution in [-0.2, 0) is 0 Å². The van der Waals surface area contributed by atoms with Crippen molar-refractivity contribution in [3.8, 4) is 0 Å². The molecule has 0 aromatic carbocycles. The minimum Gasteiger partial charge on any atom is -0.396 e. The molecule has 1 aliphatic carbocycles. The quantitative estimate of drug-likeness (QED) is 0.668. The molecule has 0 spiro atoms. The number of nitrogens with two attached hydrogens (primary N) is 1. The minimum absolute atomic E-state index is 0.0895. The van der Waals surface area contributed by atoms with E-state index in [1.165, 1.54) is 19.3 Å². The van der Waals surface area contributed by atoms with E-state index >= 15 is 0 Å². The fraction of sp³-hybridized carbons (Fsp3) is 1.00. The molecule has 0 aliphatic heterocycles. The largest absolute Gasteiger partial charge is 0.396 e. The van der Waals surface area contributed by atoms with Crippen molar-refractivity contribution < 1.29 is 5.11 Å². The molecule has 0 amide bonds. The molecule has 3 nitrogen and oxygen atoms in total. The molecule has 96 valence electrons. The fourth-order valence-electron chi connectivity index (χ4n) is 3.07. The van der Waals surface area contributed by atoms with E-state index in [1.54, 1.807) is 0 Å². The Morgan fingerprint density at radius 3 is 2.75 bits per heavy atom. The van der Waals surface area contributed by atoms with Gasteiger partial charge in [0.1, 0.15) is 0 Å². The standard InChI is InChI=1S/C13H28N2O/c1-10-5-4-7-13(9-14,12(10)3)15-11(2)6-8-16/h10-12,15-16H,4-9,14H2,1-3H3. The summed E-state index contributed by atoms with van der Waals surface area (Å²) in [6.07, 6.45) is 4.56. The smallest absolute Gasteiger partial charge is 0.0445 e. The summed E-state index contributed by atoms with van der Waals surface area (Å²) in [5, 5.41) is 12.6. The van der Waals surface area contributed by atoms with Crippen molar-refractivity contribution in [2.24, 2.45) is 17.6 Å². The second kappa shape index (κ2) is 5.99. The third-order valence-corrected chi connectivity index (χ3v) is 4.47. The maximum absolute atomic E-state index is 8.97. The summed E-state index contributed by atoms with van der Waals surface area (Å²) in [6, 6.07) is 0.348. The topological polar surface area (TPSA) is 58.3 Å². The molecule has 4 N–H and O–H groups in total. The Morgan fingerprint density at radius 1 is 1.50 bits per heavy atom. The van der Waals surface area contributed by atoms with Crippen LogP contribution in [0.2, 0.25) is 0 Å². The van der Waals surface area contributed by atoms with Gasteiger partial charge in [0.2, 0.25) is 0 Å². The molecule has 0 saturated heterocycles. The van der Waals surface area contributed by atoms with E-state index in [0.29, 0.717) is 18.5 Å². The molecule has 1 fully saturated rings. The summed E-state index contributed by atoms with van der Waals surface area (Å²) < 4.78 is 0. The minimum atomic E-state index is 0.0895. The predicted octanol–water partition coefficient (Wildman–Crippen LogP) is 1.50. The molecule has 0 aromatic rings. The zero-order valence-corrected chi connectivity index (χ0v) is 11.0. The van der Waals surface area contributed by atoms with Crippen molar-refractivity contribution in [3.63, 3.8) is 0 Å². The number of hydrogen-bond donors (Lipinski definition) is 3. The second-order valence-electron chi connectivity index (χ2n) is 5.58. The van der Waals surface area contributed by atoms with Crippen LogP contribution in [0.3, 0.4) is 0 Å². The van der Waals surface area contributed by atoms with Crippen LogP contribution >= 0.6 is 0 Å². The number of aliphatic hydroxyl groups is 1. The first-order valence-electron chi connectivity index (χ1n) is 6.64.